The van der Waals surface area contributed by atoms with Crippen molar-refractivity contribution in [2.24, 2.45) is 10.9 Å². The predicted octanol–water partition coefficient (Wildman–Crippen LogP) is 2.93. The molecule has 0 radical (unpaired) electrons. The molecule has 0 aromatic carbocycles. The minimum absolute atomic E-state index is 0. The van der Waals surface area contributed by atoms with Gasteiger partial charge in [0.25, 0.3) is 0 Å². The summed E-state index contributed by atoms with van der Waals surface area (Å²) >= 11 is 7.52. The Labute approximate surface area is 100 Å². The molecule has 0 fully saturated rings. The smallest absolute Gasteiger partial charge is 0.168 e. The van der Waals surface area contributed by atoms with Gasteiger partial charge in [0.1, 0.15) is 0 Å². The Balaban J connectivity index is 0.000000980. The van der Waals surface area contributed by atoms with Crippen molar-refractivity contribution in [1.29, 1.82) is 0 Å². The van der Waals surface area contributed by atoms with E-state index in [-0.39, 0.29) is 12.4 Å². The van der Waals surface area contributed by atoms with Gasteiger partial charge in [0, 0.05) is 12.2 Å². The van der Waals surface area contributed by atoms with Crippen LogP contribution in [0.4, 0.5) is 0 Å². The first-order valence-electron chi connectivity index (χ1n) is 4.49. The summed E-state index contributed by atoms with van der Waals surface area (Å²) in [5.41, 5.74) is 1.20. The Morgan fingerprint density at radius 1 is 1.71 bits per heavy atom. The van der Waals surface area contributed by atoms with Crippen LogP contribution in [0.2, 0.25) is 0 Å². The quantitative estimate of drug-likeness (QED) is 0.703. The molecule has 0 aromatic heterocycles. The van der Waals surface area contributed by atoms with Crippen LogP contribution in [-0.2, 0) is 0 Å². The van der Waals surface area contributed by atoms with Crippen molar-refractivity contribution < 1.29 is 0 Å². The molecule has 0 bridgehead atoms. The van der Waals surface area contributed by atoms with Gasteiger partial charge in [0.05, 0.1) is 11.9 Å². The van der Waals surface area contributed by atoms with Gasteiger partial charge in [-0.25, -0.2) is 0 Å². The first kappa shape index (κ1) is 12.2. The Kier molecular flexibility index (Phi) is 4.16. The maximum absolute atomic E-state index is 5.82. The van der Waals surface area contributed by atoms with Crippen LogP contribution >= 0.6 is 35.8 Å². The molecule has 1 unspecified atom stereocenters. The largest absolute Gasteiger partial charge is 0.321 e. The second-order valence-corrected chi connectivity index (χ2v) is 4.80. The molecule has 2 rings (SSSR count). The van der Waals surface area contributed by atoms with E-state index in [9.17, 15) is 0 Å². The van der Waals surface area contributed by atoms with E-state index < -0.39 is 0 Å². The number of aliphatic imine (C=N–C) groups is 1. The molecule has 2 heterocycles. The lowest BCUT2D eigenvalue weighted by Crippen LogP contribution is -2.26. The topological polar surface area (TPSA) is 15.6 Å². The summed E-state index contributed by atoms with van der Waals surface area (Å²) in [6.45, 7) is 5.44. The zero-order valence-corrected chi connectivity index (χ0v) is 10.6. The van der Waals surface area contributed by atoms with Crippen molar-refractivity contribution in [3.8, 4) is 0 Å². The van der Waals surface area contributed by atoms with Gasteiger partial charge in [-0.3, -0.25) is 4.99 Å². The van der Waals surface area contributed by atoms with E-state index in [1.807, 2.05) is 0 Å². The molecule has 0 saturated carbocycles. The highest BCUT2D eigenvalue weighted by Gasteiger charge is 2.32. The van der Waals surface area contributed by atoms with Crippen LogP contribution in [0.3, 0.4) is 0 Å². The fraction of sp³-hybridized carbons (Fsp3) is 0.667. The first-order valence-corrected chi connectivity index (χ1v) is 5.91. The summed E-state index contributed by atoms with van der Waals surface area (Å²) in [4.78, 5) is 6.88. The monoisotopic (exact) mass is 252 g/mol. The van der Waals surface area contributed by atoms with Crippen molar-refractivity contribution in [2.75, 3.05) is 12.4 Å². The summed E-state index contributed by atoms with van der Waals surface area (Å²) in [6.07, 6.45) is 0. The molecular weight excluding hydrogens is 239 g/mol. The number of nitrogens with zero attached hydrogens (tertiary/aromatic N) is 2. The molecule has 5 heteroatoms. The van der Waals surface area contributed by atoms with E-state index in [0.717, 1.165) is 11.7 Å². The van der Waals surface area contributed by atoms with E-state index >= 15 is 0 Å². The number of amidine groups is 1. The maximum Gasteiger partial charge on any atom is 0.168 e. The van der Waals surface area contributed by atoms with Crippen LogP contribution in [0.15, 0.2) is 16.1 Å². The fourth-order valence-electron chi connectivity index (χ4n) is 1.50. The van der Waals surface area contributed by atoms with Crippen molar-refractivity contribution in [1.82, 2.24) is 4.90 Å². The average molecular weight is 253 g/mol. The standard InChI is InChI=1S/C9H13ClN2S.ClH/c1-6(2)8-4-12-7(3-10)5-13-9(12)11-8;/h5-6,8H,3-4H2,1-2H3;1H. The summed E-state index contributed by atoms with van der Waals surface area (Å²) in [5, 5.41) is 3.23. The molecule has 0 amide bonds. The van der Waals surface area contributed by atoms with Crippen molar-refractivity contribution in [3.63, 3.8) is 0 Å². The molecule has 80 valence electrons. The lowest BCUT2D eigenvalue weighted by atomic mass is 10.1. The summed E-state index contributed by atoms with van der Waals surface area (Å²) in [6, 6.07) is 0.453. The Morgan fingerprint density at radius 3 is 3.00 bits per heavy atom. The molecule has 1 atom stereocenters. The highest BCUT2D eigenvalue weighted by atomic mass is 35.5. The molecule has 0 saturated heterocycles. The third kappa shape index (κ3) is 2.05. The van der Waals surface area contributed by atoms with E-state index in [0.29, 0.717) is 17.8 Å². The van der Waals surface area contributed by atoms with Crippen LogP contribution in [0.25, 0.3) is 0 Å². The summed E-state index contributed by atoms with van der Waals surface area (Å²) < 4.78 is 0. The molecule has 2 aliphatic heterocycles. The van der Waals surface area contributed by atoms with Crippen LogP contribution in [0, 0.1) is 5.92 Å². The summed E-state index contributed by atoms with van der Waals surface area (Å²) in [7, 11) is 0. The molecule has 0 aromatic rings. The predicted molar refractivity (Wildman–Crippen MR) is 66.4 cm³/mol. The van der Waals surface area contributed by atoms with Gasteiger partial charge in [-0.2, -0.15) is 0 Å². The van der Waals surface area contributed by atoms with Gasteiger partial charge >= 0.3 is 0 Å². The van der Waals surface area contributed by atoms with Crippen LogP contribution in [-0.4, -0.2) is 28.5 Å². The van der Waals surface area contributed by atoms with Crippen LogP contribution < -0.4 is 0 Å². The minimum Gasteiger partial charge on any atom is -0.321 e. The molecule has 0 aliphatic carbocycles. The van der Waals surface area contributed by atoms with Gasteiger partial charge in [0.15, 0.2) is 5.17 Å². The first-order chi connectivity index (χ1) is 6.22. The number of hydrogen-bond donors (Lipinski definition) is 0. The number of alkyl halides is 1. The Hall–Kier alpha value is 0.140. The molecule has 14 heavy (non-hydrogen) atoms. The molecule has 0 N–H and O–H groups in total. The highest BCUT2D eigenvalue weighted by Crippen LogP contribution is 2.33. The SMILES string of the molecule is CC(C)C1CN2C(CCl)=CSC2=N1.Cl. The fourth-order valence-corrected chi connectivity index (χ4v) is 2.78. The number of halogens is 2. The number of hydrogen-bond acceptors (Lipinski definition) is 3. The van der Waals surface area contributed by atoms with Gasteiger partial charge in [0.2, 0.25) is 0 Å². The number of rotatable bonds is 2. The molecular formula is C9H14Cl2N2S. The van der Waals surface area contributed by atoms with Gasteiger partial charge in [-0.15, -0.1) is 24.0 Å². The lowest BCUT2D eigenvalue weighted by Gasteiger charge is -2.17. The Bertz CT molecular complexity index is 276. The number of fused-ring (bicyclic) bond motifs is 1. The van der Waals surface area contributed by atoms with Crippen molar-refractivity contribution >= 4 is 40.9 Å². The van der Waals surface area contributed by atoms with Gasteiger partial charge < -0.3 is 4.90 Å². The van der Waals surface area contributed by atoms with Gasteiger partial charge in [-0.1, -0.05) is 25.6 Å². The van der Waals surface area contributed by atoms with Gasteiger partial charge in [-0.05, 0) is 11.3 Å². The summed E-state index contributed by atoms with van der Waals surface area (Å²) in [5.74, 6) is 1.21. The minimum atomic E-state index is 0. The lowest BCUT2D eigenvalue weighted by molar-refractivity contribution is 0.435. The number of thioether (sulfide) groups is 1. The highest BCUT2D eigenvalue weighted by molar-refractivity contribution is 8.16. The Morgan fingerprint density at radius 2 is 2.43 bits per heavy atom. The third-order valence-corrected chi connectivity index (χ3v) is 3.63. The zero-order chi connectivity index (χ0) is 9.42. The molecule has 2 nitrogen and oxygen atoms in total. The van der Waals surface area contributed by atoms with Crippen molar-refractivity contribution in [2.45, 2.75) is 19.9 Å². The van der Waals surface area contributed by atoms with Crippen molar-refractivity contribution in [3.05, 3.63) is 11.1 Å². The van der Waals surface area contributed by atoms with E-state index in [2.05, 4.69) is 29.1 Å². The molecule has 2 aliphatic rings. The van der Waals surface area contributed by atoms with E-state index in [4.69, 9.17) is 11.6 Å². The number of allylic oxidation sites excluding steroid dienone is 1. The van der Waals surface area contributed by atoms with Crippen LogP contribution in [0.1, 0.15) is 13.8 Å². The van der Waals surface area contributed by atoms with E-state index in [1.54, 1.807) is 11.8 Å². The molecule has 0 spiro atoms. The van der Waals surface area contributed by atoms with Crippen LogP contribution in [0.5, 0.6) is 0 Å². The second kappa shape index (κ2) is 4.77. The average Bonchev–Trinajstić information content (AvgIpc) is 2.60. The maximum atomic E-state index is 5.82. The van der Waals surface area contributed by atoms with E-state index in [1.165, 1.54) is 5.70 Å². The normalized spacial score (nSPS) is 24.6. The third-order valence-electron chi connectivity index (χ3n) is 2.43. The zero-order valence-electron chi connectivity index (χ0n) is 8.24. The second-order valence-electron chi connectivity index (χ2n) is 3.69.